The van der Waals surface area contributed by atoms with Gasteiger partial charge in [0.2, 0.25) is 0 Å². The number of rotatable bonds is 4. The van der Waals surface area contributed by atoms with E-state index >= 15 is 0 Å². The molecule has 1 heterocycles. The Hall–Kier alpha value is -0.0300. The van der Waals surface area contributed by atoms with Gasteiger partial charge in [-0.05, 0) is 19.4 Å². The Labute approximate surface area is 110 Å². The summed E-state index contributed by atoms with van der Waals surface area (Å²) in [5, 5.41) is -0.421. The molecule has 0 fully saturated rings. The van der Waals surface area contributed by atoms with Gasteiger partial charge >= 0.3 is 0 Å². The number of hydrogen-bond donors (Lipinski definition) is 0. The van der Waals surface area contributed by atoms with Crippen LogP contribution in [0.2, 0.25) is 10.0 Å². The Morgan fingerprint density at radius 2 is 2.06 bits per heavy atom. The number of aromatic nitrogens is 1. The van der Waals surface area contributed by atoms with Gasteiger partial charge in [0.1, 0.15) is 0 Å². The Morgan fingerprint density at radius 3 is 2.56 bits per heavy atom. The van der Waals surface area contributed by atoms with Gasteiger partial charge in [-0.2, -0.15) is 0 Å². The molecule has 3 nitrogen and oxygen atoms in total. The molecule has 0 saturated carbocycles. The molecule has 0 aliphatic rings. The number of sulfone groups is 1. The summed E-state index contributed by atoms with van der Waals surface area (Å²) >= 11 is 17.0. The predicted octanol–water partition coefficient (Wildman–Crippen LogP) is 3.18. The van der Waals surface area contributed by atoms with Crippen LogP contribution in [0, 0.1) is 0 Å². The number of alkyl halides is 1. The molecule has 1 rings (SSSR count). The molecule has 0 saturated heterocycles. The van der Waals surface area contributed by atoms with Crippen molar-refractivity contribution >= 4 is 44.6 Å². The van der Waals surface area contributed by atoms with Crippen molar-refractivity contribution in [2.45, 2.75) is 23.6 Å². The first kappa shape index (κ1) is 14.0. The van der Waals surface area contributed by atoms with E-state index in [9.17, 15) is 8.42 Å². The fraction of sp³-hybridized carbons (Fsp3) is 0.444. The molecule has 1 aromatic heterocycles. The molecule has 90 valence electrons. The lowest BCUT2D eigenvalue weighted by atomic mass is 10.4. The predicted molar refractivity (Wildman–Crippen MR) is 66.2 cm³/mol. The van der Waals surface area contributed by atoms with E-state index in [4.69, 9.17) is 34.8 Å². The number of pyridine rings is 1. The molecule has 0 N–H and O–H groups in total. The van der Waals surface area contributed by atoms with Crippen molar-refractivity contribution in [2.24, 2.45) is 0 Å². The van der Waals surface area contributed by atoms with Gasteiger partial charge < -0.3 is 0 Å². The van der Waals surface area contributed by atoms with Crippen molar-refractivity contribution in [2.75, 3.05) is 5.88 Å². The minimum absolute atomic E-state index is 0.0360. The molecule has 0 aromatic carbocycles. The van der Waals surface area contributed by atoms with Crippen LogP contribution in [0.5, 0.6) is 0 Å². The molecular weight excluding hydrogens is 293 g/mol. The highest BCUT2D eigenvalue weighted by Crippen LogP contribution is 2.26. The molecule has 0 aliphatic carbocycles. The van der Waals surface area contributed by atoms with Gasteiger partial charge in [-0.15, -0.1) is 11.6 Å². The van der Waals surface area contributed by atoms with Gasteiger partial charge in [-0.25, -0.2) is 13.4 Å². The zero-order valence-electron chi connectivity index (χ0n) is 8.45. The highest BCUT2D eigenvalue weighted by Gasteiger charge is 2.26. The minimum Gasteiger partial charge on any atom is -0.242 e. The average molecular weight is 303 g/mol. The lowest BCUT2D eigenvalue weighted by Gasteiger charge is -2.11. The van der Waals surface area contributed by atoms with E-state index in [1.807, 2.05) is 0 Å². The van der Waals surface area contributed by atoms with Crippen molar-refractivity contribution in [3.8, 4) is 0 Å². The van der Waals surface area contributed by atoms with Crippen LogP contribution in [0.1, 0.15) is 13.3 Å². The van der Waals surface area contributed by atoms with Gasteiger partial charge in [0, 0.05) is 12.1 Å². The quantitative estimate of drug-likeness (QED) is 0.803. The maximum atomic E-state index is 12.0. The monoisotopic (exact) mass is 301 g/mol. The summed E-state index contributed by atoms with van der Waals surface area (Å²) in [6, 6.07) is 1.36. The molecule has 0 spiro atoms. The van der Waals surface area contributed by atoms with Crippen LogP contribution in [0.3, 0.4) is 0 Å². The summed E-state index contributed by atoms with van der Waals surface area (Å²) in [6.45, 7) is 1.57. The molecule has 1 unspecified atom stereocenters. The molecule has 7 heteroatoms. The molecule has 0 amide bonds. The third-order valence-electron chi connectivity index (χ3n) is 2.09. The number of hydrogen-bond acceptors (Lipinski definition) is 3. The van der Waals surface area contributed by atoms with Crippen LogP contribution in [-0.2, 0) is 9.84 Å². The lowest BCUT2D eigenvalue weighted by molar-refractivity contribution is 0.577. The molecule has 0 radical (unpaired) electrons. The second kappa shape index (κ2) is 5.54. The first-order valence-electron chi connectivity index (χ1n) is 4.50. The van der Waals surface area contributed by atoms with Gasteiger partial charge in [0.25, 0.3) is 0 Å². The third kappa shape index (κ3) is 3.00. The smallest absolute Gasteiger partial charge is 0.199 e. The maximum absolute atomic E-state index is 12.0. The SMILES string of the molecule is CC(CCCl)S(=O)(=O)c1ncc(Cl)cc1Cl. The van der Waals surface area contributed by atoms with Crippen LogP contribution < -0.4 is 0 Å². The summed E-state index contributed by atoms with van der Waals surface area (Å²) in [5.41, 5.74) is 0. The fourth-order valence-electron chi connectivity index (χ4n) is 1.11. The zero-order chi connectivity index (χ0) is 12.3. The summed E-state index contributed by atoms with van der Waals surface area (Å²) in [6.07, 6.45) is 1.61. The highest BCUT2D eigenvalue weighted by atomic mass is 35.5. The molecule has 1 atom stereocenters. The fourth-order valence-corrected chi connectivity index (χ4v) is 3.61. The topological polar surface area (TPSA) is 47.0 Å². The van der Waals surface area contributed by atoms with Gasteiger partial charge in [0.05, 0.1) is 15.3 Å². The maximum Gasteiger partial charge on any atom is 0.199 e. The number of halogens is 3. The van der Waals surface area contributed by atoms with Crippen molar-refractivity contribution in [3.05, 3.63) is 22.3 Å². The second-order valence-electron chi connectivity index (χ2n) is 3.27. The first-order valence-corrected chi connectivity index (χ1v) is 7.34. The van der Waals surface area contributed by atoms with Gasteiger partial charge in [-0.3, -0.25) is 0 Å². The van der Waals surface area contributed by atoms with Crippen LogP contribution >= 0.6 is 34.8 Å². The Balaban J connectivity index is 3.17. The van der Waals surface area contributed by atoms with Crippen molar-refractivity contribution in [1.29, 1.82) is 0 Å². The van der Waals surface area contributed by atoms with Crippen molar-refractivity contribution in [1.82, 2.24) is 4.98 Å². The summed E-state index contributed by atoms with van der Waals surface area (Å²) in [4.78, 5) is 3.76. The first-order chi connectivity index (χ1) is 7.39. The van der Waals surface area contributed by atoms with Crippen LogP contribution in [-0.4, -0.2) is 24.5 Å². The van der Waals surface area contributed by atoms with Gasteiger partial charge in [-0.1, -0.05) is 23.2 Å². The van der Waals surface area contributed by atoms with E-state index in [1.165, 1.54) is 12.3 Å². The largest absolute Gasteiger partial charge is 0.242 e. The Kier molecular flexibility index (Phi) is 4.86. The van der Waals surface area contributed by atoms with Crippen molar-refractivity contribution < 1.29 is 8.42 Å². The normalized spacial score (nSPS) is 13.8. The summed E-state index contributed by atoms with van der Waals surface area (Å²) in [7, 11) is -3.53. The Morgan fingerprint density at radius 1 is 1.44 bits per heavy atom. The summed E-state index contributed by atoms with van der Waals surface area (Å²) in [5.74, 6) is 0.269. The molecule has 0 aliphatic heterocycles. The minimum atomic E-state index is -3.53. The van der Waals surface area contributed by atoms with Crippen LogP contribution in [0.25, 0.3) is 0 Å². The van der Waals surface area contributed by atoms with Gasteiger partial charge in [0.15, 0.2) is 14.9 Å². The molecule has 1 aromatic rings. The van der Waals surface area contributed by atoms with E-state index in [-0.39, 0.29) is 15.9 Å². The lowest BCUT2D eigenvalue weighted by Crippen LogP contribution is -2.20. The highest BCUT2D eigenvalue weighted by molar-refractivity contribution is 7.92. The molecule has 16 heavy (non-hydrogen) atoms. The second-order valence-corrected chi connectivity index (χ2v) is 6.78. The molecular formula is C9H10Cl3NO2S. The van der Waals surface area contributed by atoms with Crippen molar-refractivity contribution in [3.63, 3.8) is 0 Å². The van der Waals surface area contributed by atoms with E-state index in [0.29, 0.717) is 11.4 Å². The summed E-state index contributed by atoms with van der Waals surface area (Å²) < 4.78 is 24.0. The average Bonchev–Trinajstić information content (AvgIpc) is 2.17. The van der Waals surface area contributed by atoms with E-state index in [2.05, 4.69) is 4.98 Å². The van der Waals surface area contributed by atoms with E-state index < -0.39 is 15.1 Å². The Bertz CT molecular complexity index is 476. The van der Waals surface area contributed by atoms with Crippen LogP contribution in [0.4, 0.5) is 0 Å². The van der Waals surface area contributed by atoms with Crippen LogP contribution in [0.15, 0.2) is 17.3 Å². The zero-order valence-corrected chi connectivity index (χ0v) is 11.5. The standard InChI is InChI=1S/C9H10Cl3NO2S/c1-6(2-3-10)16(14,15)9-8(12)4-7(11)5-13-9/h4-6H,2-3H2,1H3. The van der Waals surface area contributed by atoms with E-state index in [1.54, 1.807) is 6.92 Å². The number of nitrogens with zero attached hydrogens (tertiary/aromatic N) is 1. The third-order valence-corrected chi connectivity index (χ3v) is 5.07. The van der Waals surface area contributed by atoms with E-state index in [0.717, 1.165) is 0 Å². The molecule has 0 bridgehead atoms.